The number of hydrogen-bond donors (Lipinski definition) is 2. The van der Waals surface area contributed by atoms with Gasteiger partial charge >= 0.3 is 5.97 Å². The molecule has 0 bridgehead atoms. The molecule has 0 unspecified atom stereocenters. The normalized spacial score (nSPS) is 10.6. The highest BCUT2D eigenvalue weighted by Crippen LogP contribution is 2.17. The number of amides is 1. The van der Waals surface area contributed by atoms with Crippen LogP contribution in [0.5, 0.6) is 0 Å². The number of aromatic nitrogens is 4. The molecule has 0 aliphatic carbocycles. The van der Waals surface area contributed by atoms with Crippen molar-refractivity contribution in [1.82, 2.24) is 19.6 Å². The summed E-state index contributed by atoms with van der Waals surface area (Å²) in [5.41, 5.74) is 0.675. The van der Waals surface area contributed by atoms with Crippen molar-refractivity contribution in [2.24, 2.45) is 7.05 Å². The van der Waals surface area contributed by atoms with E-state index >= 15 is 0 Å². The van der Waals surface area contributed by atoms with Crippen molar-refractivity contribution in [1.29, 1.82) is 0 Å². The van der Waals surface area contributed by atoms with E-state index in [1.165, 1.54) is 13.2 Å². The first-order valence-corrected chi connectivity index (χ1v) is 7.67. The summed E-state index contributed by atoms with van der Waals surface area (Å²) in [7, 11) is 1.46. The zero-order chi connectivity index (χ0) is 18.0. The van der Waals surface area contributed by atoms with Gasteiger partial charge in [0.1, 0.15) is 0 Å². The number of halogens is 1. The van der Waals surface area contributed by atoms with E-state index in [2.05, 4.69) is 15.5 Å². The van der Waals surface area contributed by atoms with Gasteiger partial charge in [-0.1, -0.05) is 29.8 Å². The molecule has 0 spiro atoms. The lowest BCUT2D eigenvalue weighted by Gasteiger charge is -2.04. The smallest absolute Gasteiger partial charge is 0.354 e. The van der Waals surface area contributed by atoms with Crippen molar-refractivity contribution >= 4 is 29.3 Å². The number of benzene rings is 1. The zero-order valence-corrected chi connectivity index (χ0v) is 13.9. The predicted octanol–water partition coefficient (Wildman–Crippen LogP) is 2.27. The van der Waals surface area contributed by atoms with Crippen molar-refractivity contribution < 1.29 is 14.7 Å². The molecule has 128 valence electrons. The van der Waals surface area contributed by atoms with Crippen LogP contribution in [0.2, 0.25) is 5.02 Å². The Kier molecular flexibility index (Phi) is 4.53. The third-order valence-corrected chi connectivity index (χ3v) is 3.93. The van der Waals surface area contributed by atoms with Crippen LogP contribution in [0.4, 0.5) is 5.82 Å². The summed E-state index contributed by atoms with van der Waals surface area (Å²) in [5.74, 6) is -1.51. The van der Waals surface area contributed by atoms with Gasteiger partial charge < -0.3 is 10.4 Å². The van der Waals surface area contributed by atoms with E-state index in [9.17, 15) is 14.7 Å². The van der Waals surface area contributed by atoms with Gasteiger partial charge in [0.05, 0.1) is 18.3 Å². The number of anilines is 1. The van der Waals surface area contributed by atoms with Crippen molar-refractivity contribution in [3.8, 4) is 0 Å². The molecule has 0 atom stereocenters. The fourth-order valence-corrected chi connectivity index (χ4v) is 2.55. The molecular weight excluding hydrogens is 346 g/mol. The lowest BCUT2D eigenvalue weighted by atomic mass is 10.2. The van der Waals surface area contributed by atoms with Crippen LogP contribution in [-0.4, -0.2) is 36.5 Å². The van der Waals surface area contributed by atoms with Crippen LogP contribution in [-0.2, 0) is 13.6 Å². The molecule has 1 aromatic carbocycles. The van der Waals surface area contributed by atoms with Gasteiger partial charge in [-0.05, 0) is 11.6 Å². The summed E-state index contributed by atoms with van der Waals surface area (Å²) in [6, 6.07) is 9.01. The van der Waals surface area contributed by atoms with Crippen LogP contribution in [0.15, 0.2) is 42.7 Å². The number of carbonyl (C=O) groups is 2. The standard InChI is InChI=1S/C16H14ClN5O3/c1-21-14(16(24)25)11(8-18-21)15(23)19-13-6-7-22(20-13)9-10-4-2-3-5-12(10)17/h2-8H,9H2,1H3,(H,24,25)(H,19,20,23). The van der Waals surface area contributed by atoms with Crippen molar-refractivity contribution in [3.05, 3.63) is 64.6 Å². The molecule has 2 aromatic heterocycles. The highest BCUT2D eigenvalue weighted by Gasteiger charge is 2.22. The van der Waals surface area contributed by atoms with Crippen LogP contribution >= 0.6 is 11.6 Å². The van der Waals surface area contributed by atoms with Gasteiger partial charge in [-0.3, -0.25) is 14.2 Å². The number of rotatable bonds is 5. The summed E-state index contributed by atoms with van der Waals surface area (Å²) in [6.07, 6.45) is 2.90. The Morgan fingerprint density at radius 2 is 2.04 bits per heavy atom. The van der Waals surface area contributed by atoms with E-state index in [-0.39, 0.29) is 11.3 Å². The van der Waals surface area contributed by atoms with E-state index in [4.69, 9.17) is 11.6 Å². The fourth-order valence-electron chi connectivity index (χ4n) is 2.36. The SMILES string of the molecule is Cn1ncc(C(=O)Nc2ccn(Cc3ccccc3Cl)n2)c1C(=O)O. The minimum Gasteiger partial charge on any atom is -0.477 e. The Bertz CT molecular complexity index is 947. The summed E-state index contributed by atoms with van der Waals surface area (Å²) in [4.78, 5) is 23.5. The third-order valence-electron chi connectivity index (χ3n) is 3.56. The lowest BCUT2D eigenvalue weighted by molar-refractivity contribution is 0.0680. The van der Waals surface area contributed by atoms with E-state index in [1.807, 2.05) is 18.2 Å². The fraction of sp³-hybridized carbons (Fsp3) is 0.125. The summed E-state index contributed by atoms with van der Waals surface area (Å²) >= 11 is 6.12. The maximum atomic E-state index is 12.3. The van der Waals surface area contributed by atoms with Gasteiger partial charge in [0.15, 0.2) is 11.5 Å². The van der Waals surface area contributed by atoms with Gasteiger partial charge in [-0.2, -0.15) is 10.2 Å². The zero-order valence-electron chi connectivity index (χ0n) is 13.2. The second kappa shape index (κ2) is 6.78. The molecule has 2 heterocycles. The summed E-state index contributed by atoms with van der Waals surface area (Å²) in [6.45, 7) is 0.447. The topological polar surface area (TPSA) is 102 Å². The van der Waals surface area contributed by atoms with Crippen LogP contribution in [0.25, 0.3) is 0 Å². The minimum atomic E-state index is -1.23. The molecule has 0 saturated heterocycles. The average Bonchev–Trinajstić information content (AvgIpc) is 3.16. The second-order valence-corrected chi connectivity index (χ2v) is 5.69. The summed E-state index contributed by atoms with van der Waals surface area (Å²) in [5, 5.41) is 20.4. The Hall–Kier alpha value is -3.13. The minimum absolute atomic E-state index is 0.0318. The average molecular weight is 360 g/mol. The predicted molar refractivity (Wildman–Crippen MR) is 90.9 cm³/mol. The van der Waals surface area contributed by atoms with Gasteiger partial charge in [-0.25, -0.2) is 4.79 Å². The maximum absolute atomic E-state index is 12.3. The van der Waals surface area contributed by atoms with E-state index in [0.717, 1.165) is 10.2 Å². The van der Waals surface area contributed by atoms with Crippen LogP contribution in [0.3, 0.4) is 0 Å². The number of carboxylic acids is 1. The van der Waals surface area contributed by atoms with Crippen LogP contribution in [0, 0.1) is 0 Å². The largest absolute Gasteiger partial charge is 0.477 e. The molecule has 2 N–H and O–H groups in total. The van der Waals surface area contributed by atoms with E-state index < -0.39 is 11.9 Å². The Morgan fingerprint density at radius 3 is 2.76 bits per heavy atom. The molecule has 3 rings (SSSR count). The quantitative estimate of drug-likeness (QED) is 0.727. The third kappa shape index (κ3) is 3.53. The highest BCUT2D eigenvalue weighted by atomic mass is 35.5. The molecule has 0 aliphatic rings. The number of nitrogens with zero attached hydrogens (tertiary/aromatic N) is 4. The van der Waals surface area contributed by atoms with Crippen LogP contribution < -0.4 is 5.32 Å². The first-order valence-electron chi connectivity index (χ1n) is 7.29. The molecule has 9 heteroatoms. The first-order chi connectivity index (χ1) is 12.0. The van der Waals surface area contributed by atoms with Crippen molar-refractivity contribution in [2.75, 3.05) is 5.32 Å². The monoisotopic (exact) mass is 359 g/mol. The number of aromatic carboxylic acids is 1. The van der Waals surface area contributed by atoms with Crippen molar-refractivity contribution in [2.45, 2.75) is 6.54 Å². The second-order valence-electron chi connectivity index (χ2n) is 5.28. The molecule has 0 fully saturated rings. The van der Waals surface area contributed by atoms with Crippen LogP contribution in [0.1, 0.15) is 26.4 Å². The summed E-state index contributed by atoms with van der Waals surface area (Å²) < 4.78 is 2.76. The number of aryl methyl sites for hydroxylation is 1. The van der Waals surface area contributed by atoms with Gasteiger partial charge in [-0.15, -0.1) is 0 Å². The number of hydrogen-bond acceptors (Lipinski definition) is 4. The van der Waals surface area contributed by atoms with Gasteiger partial charge in [0.25, 0.3) is 5.91 Å². The Balaban J connectivity index is 1.75. The van der Waals surface area contributed by atoms with Gasteiger partial charge in [0, 0.05) is 24.3 Å². The van der Waals surface area contributed by atoms with Gasteiger partial charge in [0.2, 0.25) is 0 Å². The molecule has 1 amide bonds. The van der Waals surface area contributed by atoms with Crippen molar-refractivity contribution in [3.63, 3.8) is 0 Å². The lowest BCUT2D eigenvalue weighted by Crippen LogP contribution is -2.17. The molecule has 8 nitrogen and oxygen atoms in total. The molecule has 3 aromatic rings. The molecule has 0 radical (unpaired) electrons. The molecular formula is C16H14ClN5O3. The first kappa shape index (κ1) is 16.7. The molecule has 25 heavy (non-hydrogen) atoms. The Labute approximate surface area is 147 Å². The maximum Gasteiger partial charge on any atom is 0.354 e. The molecule has 0 aliphatic heterocycles. The number of nitrogens with one attached hydrogen (secondary N) is 1. The highest BCUT2D eigenvalue weighted by molar-refractivity contribution is 6.31. The molecule has 0 saturated carbocycles. The van der Waals surface area contributed by atoms with E-state index in [1.54, 1.807) is 23.0 Å². The number of carbonyl (C=O) groups excluding carboxylic acids is 1. The number of carboxylic acid groups (broad SMARTS) is 1. The Morgan fingerprint density at radius 1 is 1.28 bits per heavy atom. The van der Waals surface area contributed by atoms with E-state index in [0.29, 0.717) is 17.4 Å².